The molecule has 0 unspecified atom stereocenters. The average Bonchev–Trinajstić information content (AvgIpc) is 3.11. The van der Waals surface area contributed by atoms with Crippen molar-refractivity contribution >= 4 is 23.2 Å². The maximum absolute atomic E-state index is 14.0. The van der Waals surface area contributed by atoms with Crippen molar-refractivity contribution in [3.05, 3.63) is 114 Å². The molecule has 1 fully saturated rings. The molecule has 9 nitrogen and oxygen atoms in total. The number of nitrogens with zero attached hydrogens (tertiary/aromatic N) is 3. The SMILES string of the molecule is Cc1cc(N2C(=O)[C@H]3C4c5ccccc5C([N+](=O)[O-])(c5ccccc54)[C@H]3C2=O)c([N+](=O)[O-])cc1C. The second kappa shape index (κ2) is 6.82. The number of anilines is 1. The third-order valence-corrected chi connectivity index (χ3v) is 7.89. The summed E-state index contributed by atoms with van der Waals surface area (Å²) in [5, 5.41) is 24.9. The van der Waals surface area contributed by atoms with E-state index in [4.69, 9.17) is 0 Å². The van der Waals surface area contributed by atoms with Crippen LogP contribution in [0.3, 0.4) is 0 Å². The number of imide groups is 1. The van der Waals surface area contributed by atoms with Crippen LogP contribution in [0.5, 0.6) is 0 Å². The largest absolute Gasteiger partial charge is 0.293 e. The molecule has 7 rings (SSSR count). The number of amides is 2. The van der Waals surface area contributed by atoms with Crippen LogP contribution < -0.4 is 4.90 Å². The zero-order chi connectivity index (χ0) is 24.8. The number of nitro benzene ring substituents is 1. The smallest absolute Gasteiger partial charge is 0.274 e. The molecule has 3 aliphatic carbocycles. The quantitative estimate of drug-likeness (QED) is 0.324. The van der Waals surface area contributed by atoms with E-state index in [0.717, 1.165) is 4.90 Å². The molecule has 3 aromatic carbocycles. The van der Waals surface area contributed by atoms with Crippen molar-refractivity contribution in [2.24, 2.45) is 11.8 Å². The van der Waals surface area contributed by atoms with E-state index >= 15 is 0 Å². The van der Waals surface area contributed by atoms with Crippen molar-refractivity contribution < 1.29 is 19.4 Å². The third-order valence-electron chi connectivity index (χ3n) is 7.89. The predicted octanol–water partition coefficient (Wildman–Crippen LogP) is 4.00. The standard InChI is InChI=1S/C26H19N3O6/c1-13-11-19(20(28(32)33)12-14(13)2)27-24(30)22-21-15-7-3-5-9-17(15)26(29(34)35,23(22)25(27)31)18-10-6-4-8-16(18)21/h3-12,21-23H,1-2H3/t21?,22-,23+,26?/m0/s1. The van der Waals surface area contributed by atoms with Gasteiger partial charge in [-0.25, -0.2) is 4.90 Å². The van der Waals surface area contributed by atoms with E-state index in [1.54, 1.807) is 62.4 Å². The molecule has 0 N–H and O–H groups in total. The third kappa shape index (κ3) is 2.37. The van der Waals surface area contributed by atoms with Crippen LogP contribution in [-0.4, -0.2) is 21.7 Å². The number of nitro groups is 2. The Morgan fingerprint density at radius 1 is 0.829 bits per heavy atom. The summed E-state index contributed by atoms with van der Waals surface area (Å²) in [6, 6.07) is 16.5. The lowest BCUT2D eigenvalue weighted by Crippen LogP contribution is -2.57. The van der Waals surface area contributed by atoms with Gasteiger partial charge in [0.05, 0.1) is 10.8 Å². The van der Waals surface area contributed by atoms with Gasteiger partial charge in [0.15, 0.2) is 0 Å². The molecule has 9 heteroatoms. The van der Waals surface area contributed by atoms with Crippen molar-refractivity contribution in [1.29, 1.82) is 0 Å². The minimum absolute atomic E-state index is 0.145. The fourth-order valence-electron chi connectivity index (χ4n) is 6.39. The number of carbonyl (C=O) groups excluding carboxylic acids is 2. The van der Waals surface area contributed by atoms with Gasteiger partial charge in [-0.15, -0.1) is 0 Å². The minimum Gasteiger partial charge on any atom is -0.274 e. The van der Waals surface area contributed by atoms with Crippen LogP contribution in [-0.2, 0) is 15.1 Å². The molecule has 2 atom stereocenters. The van der Waals surface area contributed by atoms with E-state index in [9.17, 15) is 29.8 Å². The Hall–Kier alpha value is -4.40. The van der Waals surface area contributed by atoms with Crippen molar-refractivity contribution in [2.45, 2.75) is 25.3 Å². The Labute approximate surface area is 199 Å². The Kier molecular flexibility index (Phi) is 4.12. The molecular formula is C26H19N3O6. The van der Waals surface area contributed by atoms with Gasteiger partial charge < -0.3 is 0 Å². The zero-order valence-electron chi connectivity index (χ0n) is 18.8. The van der Waals surface area contributed by atoms with E-state index in [1.807, 2.05) is 0 Å². The van der Waals surface area contributed by atoms with Gasteiger partial charge in [-0.1, -0.05) is 48.5 Å². The zero-order valence-corrected chi connectivity index (χ0v) is 18.8. The summed E-state index contributed by atoms with van der Waals surface area (Å²) in [6.07, 6.45) is 0. The molecule has 0 aromatic heterocycles. The predicted molar refractivity (Wildman–Crippen MR) is 125 cm³/mol. The van der Waals surface area contributed by atoms with Crippen LogP contribution in [0.1, 0.15) is 39.3 Å². The van der Waals surface area contributed by atoms with E-state index in [0.29, 0.717) is 33.4 Å². The summed E-state index contributed by atoms with van der Waals surface area (Å²) in [5.74, 6) is -4.36. The van der Waals surface area contributed by atoms with Gasteiger partial charge in [-0.3, -0.25) is 29.8 Å². The second-order valence-electron chi connectivity index (χ2n) is 9.37. The number of hydrogen-bond donors (Lipinski definition) is 0. The topological polar surface area (TPSA) is 124 Å². The molecule has 3 aromatic rings. The molecule has 2 bridgehead atoms. The molecule has 1 saturated heterocycles. The normalized spacial score (nSPS) is 25.8. The maximum Gasteiger partial charge on any atom is 0.293 e. The van der Waals surface area contributed by atoms with Crippen LogP contribution in [0.2, 0.25) is 0 Å². The van der Waals surface area contributed by atoms with Gasteiger partial charge in [0.25, 0.3) is 11.2 Å². The fourth-order valence-corrected chi connectivity index (χ4v) is 6.39. The number of benzene rings is 3. The van der Waals surface area contributed by atoms with Crippen molar-refractivity contribution in [3.8, 4) is 0 Å². The summed E-state index contributed by atoms with van der Waals surface area (Å²) < 4.78 is 0. The lowest BCUT2D eigenvalue weighted by atomic mass is 9.51. The molecule has 1 aliphatic heterocycles. The lowest BCUT2D eigenvalue weighted by molar-refractivity contribution is -0.578. The summed E-state index contributed by atoms with van der Waals surface area (Å²) in [7, 11) is 0. The summed E-state index contributed by atoms with van der Waals surface area (Å²) in [6.45, 7) is 3.43. The van der Waals surface area contributed by atoms with Gasteiger partial charge >= 0.3 is 0 Å². The molecule has 1 heterocycles. The highest BCUT2D eigenvalue weighted by atomic mass is 16.6. The first-order valence-corrected chi connectivity index (χ1v) is 11.2. The second-order valence-corrected chi connectivity index (χ2v) is 9.37. The number of hydrogen-bond acceptors (Lipinski definition) is 6. The van der Waals surface area contributed by atoms with Crippen LogP contribution in [0, 0.1) is 45.9 Å². The van der Waals surface area contributed by atoms with Crippen LogP contribution in [0.15, 0.2) is 60.7 Å². The van der Waals surface area contributed by atoms with E-state index < -0.39 is 45.0 Å². The van der Waals surface area contributed by atoms with Gasteiger partial charge in [-0.05, 0) is 42.2 Å². The Morgan fingerprint density at radius 2 is 1.37 bits per heavy atom. The molecule has 174 valence electrons. The van der Waals surface area contributed by atoms with Gasteiger partial charge in [0.1, 0.15) is 11.6 Å². The van der Waals surface area contributed by atoms with Crippen LogP contribution in [0.25, 0.3) is 0 Å². The summed E-state index contributed by atoms with van der Waals surface area (Å²) in [5.41, 5.74) is 0.879. The monoisotopic (exact) mass is 469 g/mol. The Bertz CT molecular complexity index is 1470. The molecule has 0 spiro atoms. The van der Waals surface area contributed by atoms with Crippen LogP contribution >= 0.6 is 0 Å². The van der Waals surface area contributed by atoms with E-state index in [1.165, 1.54) is 12.1 Å². The number of carbonyl (C=O) groups is 2. The molecule has 2 amide bonds. The molecule has 0 radical (unpaired) electrons. The molecule has 35 heavy (non-hydrogen) atoms. The summed E-state index contributed by atoms with van der Waals surface area (Å²) >= 11 is 0. The molecule has 0 saturated carbocycles. The Balaban J connectivity index is 1.66. The highest BCUT2D eigenvalue weighted by Crippen LogP contribution is 2.64. The van der Waals surface area contributed by atoms with Gasteiger partial charge in [0.2, 0.25) is 11.8 Å². The molecular weight excluding hydrogens is 450 g/mol. The first-order valence-electron chi connectivity index (χ1n) is 11.2. The van der Waals surface area contributed by atoms with E-state index in [2.05, 4.69) is 0 Å². The highest BCUT2D eigenvalue weighted by Gasteiger charge is 2.75. The highest BCUT2D eigenvalue weighted by molar-refractivity contribution is 6.24. The van der Waals surface area contributed by atoms with Crippen LogP contribution in [0.4, 0.5) is 11.4 Å². The number of rotatable bonds is 3. The Morgan fingerprint density at radius 3 is 1.91 bits per heavy atom. The van der Waals surface area contributed by atoms with Crippen molar-refractivity contribution in [2.75, 3.05) is 4.90 Å². The minimum atomic E-state index is -1.97. The first-order chi connectivity index (χ1) is 16.7. The number of aryl methyl sites for hydroxylation is 2. The van der Waals surface area contributed by atoms with Crippen molar-refractivity contribution in [3.63, 3.8) is 0 Å². The summed E-state index contributed by atoms with van der Waals surface area (Å²) in [4.78, 5) is 52.6. The van der Waals surface area contributed by atoms with Crippen molar-refractivity contribution in [1.82, 2.24) is 0 Å². The van der Waals surface area contributed by atoms with E-state index in [-0.39, 0.29) is 11.4 Å². The average molecular weight is 469 g/mol. The lowest BCUT2D eigenvalue weighted by Gasteiger charge is -2.48. The molecule has 4 aliphatic rings. The first kappa shape index (κ1) is 21.2. The van der Waals surface area contributed by atoms with Gasteiger partial charge in [-0.2, -0.15) is 0 Å². The fraction of sp³-hybridized carbons (Fsp3) is 0.231. The maximum atomic E-state index is 14.0. The van der Waals surface area contributed by atoms with Gasteiger partial charge in [0, 0.05) is 28.0 Å².